The lowest BCUT2D eigenvalue weighted by Crippen LogP contribution is -2.30. The molecule has 0 amide bonds. The fraction of sp³-hybridized carbons (Fsp3) is 0.682. The van der Waals surface area contributed by atoms with Crippen LogP contribution in [0.25, 0.3) is 0 Å². The van der Waals surface area contributed by atoms with Gasteiger partial charge in [0.15, 0.2) is 0 Å². The van der Waals surface area contributed by atoms with Crippen molar-refractivity contribution in [3.05, 3.63) is 29.3 Å². The number of carbonyl (C=O) groups excluding carboxylic acids is 1. The van der Waals surface area contributed by atoms with Crippen LogP contribution in [0.3, 0.4) is 0 Å². The number of phenols is 1. The number of unbranched alkanes of at least 4 members (excludes halogenated alkanes) is 3. The maximum atomic E-state index is 11.9. The van der Waals surface area contributed by atoms with Crippen LogP contribution in [0, 0.1) is 0 Å². The van der Waals surface area contributed by atoms with Gasteiger partial charge in [0.2, 0.25) is 0 Å². The van der Waals surface area contributed by atoms with Gasteiger partial charge in [0.1, 0.15) is 11.5 Å². The number of ketones is 1. The number of aromatic hydroxyl groups is 1. The Balaban J connectivity index is 2.15. The highest BCUT2D eigenvalue weighted by molar-refractivity contribution is 5.81. The van der Waals surface area contributed by atoms with Crippen LogP contribution in [0.2, 0.25) is 0 Å². The first kappa shape index (κ1) is 19.0. The van der Waals surface area contributed by atoms with E-state index in [2.05, 4.69) is 39.8 Å². The van der Waals surface area contributed by atoms with E-state index in [1.165, 1.54) is 31.2 Å². The third kappa shape index (κ3) is 4.40. The fourth-order valence-electron chi connectivity index (χ4n) is 4.12. The van der Waals surface area contributed by atoms with Gasteiger partial charge in [-0.2, -0.15) is 0 Å². The largest absolute Gasteiger partial charge is 0.508 e. The maximum Gasteiger partial charge on any atom is 0.133 e. The molecule has 0 aliphatic heterocycles. The third-order valence-electron chi connectivity index (χ3n) is 5.86. The molecule has 1 N–H and O–H groups in total. The van der Waals surface area contributed by atoms with Gasteiger partial charge < -0.3 is 5.11 Å². The first-order chi connectivity index (χ1) is 11.3. The summed E-state index contributed by atoms with van der Waals surface area (Å²) in [6, 6.07) is 6.18. The molecule has 2 rings (SSSR count). The minimum Gasteiger partial charge on any atom is -0.508 e. The zero-order chi connectivity index (χ0) is 17.8. The highest BCUT2D eigenvalue weighted by Gasteiger charge is 2.35. The summed E-state index contributed by atoms with van der Waals surface area (Å²) in [5.74, 6) is 0.690. The van der Waals surface area contributed by atoms with E-state index in [4.69, 9.17) is 0 Å². The van der Waals surface area contributed by atoms with Crippen LogP contribution in [0.4, 0.5) is 0 Å². The van der Waals surface area contributed by atoms with Crippen molar-refractivity contribution in [2.45, 2.75) is 96.3 Å². The second kappa shape index (κ2) is 7.72. The summed E-state index contributed by atoms with van der Waals surface area (Å²) in [7, 11) is 0. The van der Waals surface area contributed by atoms with Gasteiger partial charge in [-0.3, -0.25) is 4.79 Å². The predicted molar refractivity (Wildman–Crippen MR) is 101 cm³/mol. The van der Waals surface area contributed by atoms with Crippen molar-refractivity contribution < 1.29 is 9.90 Å². The summed E-state index contributed by atoms with van der Waals surface area (Å²) < 4.78 is 0. The molecular weight excluding hydrogens is 296 g/mol. The zero-order valence-corrected chi connectivity index (χ0v) is 16.0. The topological polar surface area (TPSA) is 37.3 Å². The highest BCUT2D eigenvalue weighted by Crippen LogP contribution is 2.43. The number of hydrogen-bond donors (Lipinski definition) is 1. The summed E-state index contributed by atoms with van der Waals surface area (Å²) in [5.41, 5.74) is 2.02. The Hall–Kier alpha value is -1.31. The van der Waals surface area contributed by atoms with E-state index in [1.807, 2.05) is 6.07 Å². The van der Waals surface area contributed by atoms with E-state index in [-0.39, 0.29) is 10.8 Å². The van der Waals surface area contributed by atoms with Crippen molar-refractivity contribution in [2.24, 2.45) is 0 Å². The second-order valence-electron chi connectivity index (χ2n) is 8.56. The van der Waals surface area contributed by atoms with Crippen LogP contribution < -0.4 is 0 Å². The fourth-order valence-corrected chi connectivity index (χ4v) is 4.12. The lowest BCUT2D eigenvalue weighted by atomic mass is 9.69. The van der Waals surface area contributed by atoms with Crippen LogP contribution in [0.5, 0.6) is 5.75 Å². The van der Waals surface area contributed by atoms with Crippen molar-refractivity contribution in [1.29, 1.82) is 0 Å². The average molecular weight is 331 g/mol. The molecule has 134 valence electrons. The van der Waals surface area contributed by atoms with Gasteiger partial charge >= 0.3 is 0 Å². The SMILES string of the molecule is CCCCCCC(C)(C)c1ccc(C2(C)CCCC(=O)C2)c(O)c1. The van der Waals surface area contributed by atoms with Crippen molar-refractivity contribution in [3.8, 4) is 5.75 Å². The van der Waals surface area contributed by atoms with Gasteiger partial charge in [-0.15, -0.1) is 0 Å². The molecule has 0 saturated heterocycles. The summed E-state index contributed by atoms with van der Waals surface area (Å²) in [4.78, 5) is 11.9. The summed E-state index contributed by atoms with van der Waals surface area (Å²) in [6.45, 7) is 8.88. The molecule has 2 heteroatoms. The number of phenolic OH excluding ortho intramolecular Hbond substituents is 1. The van der Waals surface area contributed by atoms with E-state index < -0.39 is 0 Å². The van der Waals surface area contributed by atoms with E-state index in [1.54, 1.807) is 0 Å². The molecule has 1 aliphatic rings. The average Bonchev–Trinajstić information content (AvgIpc) is 2.51. The molecule has 1 aromatic carbocycles. The molecule has 1 aromatic rings. The number of rotatable bonds is 7. The van der Waals surface area contributed by atoms with Crippen molar-refractivity contribution in [1.82, 2.24) is 0 Å². The Morgan fingerprint density at radius 2 is 1.96 bits per heavy atom. The summed E-state index contributed by atoms with van der Waals surface area (Å²) in [6.07, 6.45) is 9.37. The Morgan fingerprint density at radius 3 is 2.58 bits per heavy atom. The molecule has 0 heterocycles. The standard InChI is InChI=1S/C22H34O2/c1-5-6-7-8-13-21(2,3)17-11-12-19(20(24)15-17)22(4)14-9-10-18(23)16-22/h11-12,15,24H,5-10,13-14,16H2,1-4H3. The molecule has 1 atom stereocenters. The van der Waals surface area contributed by atoms with Gasteiger partial charge in [-0.25, -0.2) is 0 Å². The minimum absolute atomic E-state index is 0.0764. The van der Waals surface area contributed by atoms with Crippen LogP contribution in [0.15, 0.2) is 18.2 Å². The molecule has 1 saturated carbocycles. The normalized spacial score (nSPS) is 21.9. The van der Waals surface area contributed by atoms with Gasteiger partial charge in [0, 0.05) is 23.8 Å². The molecule has 0 radical (unpaired) electrons. The monoisotopic (exact) mass is 330 g/mol. The lowest BCUT2D eigenvalue weighted by Gasteiger charge is -2.34. The number of carbonyl (C=O) groups is 1. The third-order valence-corrected chi connectivity index (χ3v) is 5.86. The first-order valence-corrected chi connectivity index (χ1v) is 9.64. The molecule has 0 spiro atoms. The number of Topliss-reactive ketones (excluding diaryl/α,β-unsaturated/α-hetero) is 1. The van der Waals surface area contributed by atoms with Crippen LogP contribution in [-0.2, 0) is 15.6 Å². The summed E-state index contributed by atoms with van der Waals surface area (Å²) in [5, 5.41) is 10.7. The molecule has 24 heavy (non-hydrogen) atoms. The van der Waals surface area contributed by atoms with E-state index in [0.717, 1.165) is 24.8 Å². The van der Waals surface area contributed by atoms with Crippen LogP contribution in [-0.4, -0.2) is 10.9 Å². The molecule has 1 fully saturated rings. The van der Waals surface area contributed by atoms with Crippen molar-refractivity contribution >= 4 is 5.78 Å². The smallest absolute Gasteiger partial charge is 0.133 e. The molecular formula is C22H34O2. The van der Waals surface area contributed by atoms with Gasteiger partial charge in [0.25, 0.3) is 0 Å². The predicted octanol–water partition coefficient (Wildman–Crippen LogP) is 6.04. The first-order valence-electron chi connectivity index (χ1n) is 9.64. The molecule has 1 aliphatic carbocycles. The second-order valence-corrected chi connectivity index (χ2v) is 8.56. The summed E-state index contributed by atoms with van der Waals surface area (Å²) >= 11 is 0. The van der Waals surface area contributed by atoms with Crippen LogP contribution in [0.1, 0.15) is 96.6 Å². The van der Waals surface area contributed by atoms with E-state index in [0.29, 0.717) is 24.4 Å². The van der Waals surface area contributed by atoms with Gasteiger partial charge in [-0.1, -0.05) is 65.5 Å². The Morgan fingerprint density at radius 1 is 1.21 bits per heavy atom. The molecule has 1 unspecified atom stereocenters. The Bertz CT molecular complexity index is 573. The highest BCUT2D eigenvalue weighted by atomic mass is 16.3. The minimum atomic E-state index is -0.205. The van der Waals surface area contributed by atoms with E-state index >= 15 is 0 Å². The Kier molecular flexibility index (Phi) is 6.11. The maximum absolute atomic E-state index is 11.9. The lowest BCUT2D eigenvalue weighted by molar-refractivity contribution is -0.121. The van der Waals surface area contributed by atoms with Gasteiger partial charge in [-0.05, 0) is 36.3 Å². The molecule has 0 aromatic heterocycles. The number of benzene rings is 1. The van der Waals surface area contributed by atoms with Gasteiger partial charge in [0.05, 0.1) is 0 Å². The van der Waals surface area contributed by atoms with Crippen LogP contribution >= 0.6 is 0 Å². The number of hydrogen-bond acceptors (Lipinski definition) is 2. The Labute approximate surface area is 147 Å². The zero-order valence-electron chi connectivity index (χ0n) is 16.0. The van der Waals surface area contributed by atoms with Crippen molar-refractivity contribution in [3.63, 3.8) is 0 Å². The molecule has 0 bridgehead atoms. The quantitative estimate of drug-likeness (QED) is 0.619. The molecule has 2 nitrogen and oxygen atoms in total. The van der Waals surface area contributed by atoms with E-state index in [9.17, 15) is 9.90 Å². The van der Waals surface area contributed by atoms with Crippen molar-refractivity contribution in [2.75, 3.05) is 0 Å².